The van der Waals surface area contributed by atoms with E-state index in [0.29, 0.717) is 41.8 Å². The average molecular weight is 514 g/mol. The van der Waals surface area contributed by atoms with E-state index < -0.39 is 28.8 Å². The minimum absolute atomic E-state index is 0.208. The molecule has 2 rings (SSSR count). The molecule has 0 bridgehead atoms. The molecule has 0 aromatic heterocycles. The number of rotatable bonds is 12. The Hall–Kier alpha value is -3.35. The molecule has 11 nitrogen and oxygen atoms in total. The van der Waals surface area contributed by atoms with Gasteiger partial charge in [0.25, 0.3) is 0 Å². The minimum atomic E-state index is -1.82. The molecule has 0 fully saturated rings. The fraction of sp³-hybridized carbons (Fsp3) is 0.391. The molecular formula is C23H31NO10S. The fourth-order valence-corrected chi connectivity index (χ4v) is 3.34. The summed E-state index contributed by atoms with van der Waals surface area (Å²) in [6.45, 7) is 3.43. The molecule has 0 aliphatic heterocycles. The lowest BCUT2D eigenvalue weighted by Crippen LogP contribution is -2.33. The molecule has 12 heteroatoms. The molecule has 2 aromatic carbocycles. The van der Waals surface area contributed by atoms with E-state index in [0.717, 1.165) is 11.3 Å². The van der Waals surface area contributed by atoms with E-state index in [4.69, 9.17) is 38.7 Å². The van der Waals surface area contributed by atoms with Gasteiger partial charge < -0.3 is 39.6 Å². The van der Waals surface area contributed by atoms with Crippen LogP contribution in [0.1, 0.15) is 5.56 Å². The van der Waals surface area contributed by atoms with Crippen molar-refractivity contribution in [2.45, 2.75) is 17.9 Å². The van der Waals surface area contributed by atoms with E-state index in [-0.39, 0.29) is 6.61 Å². The van der Waals surface area contributed by atoms with Gasteiger partial charge in [-0.15, -0.1) is 0 Å². The van der Waals surface area contributed by atoms with Crippen molar-refractivity contribution in [2.75, 3.05) is 46.8 Å². The SMILES string of the molecule is COc1cc(S(C)=O)c(OC)cc1OCCNCC(O)COc1ccccc1C.O=C(O)C(=O)O. The van der Waals surface area contributed by atoms with Gasteiger partial charge in [0.2, 0.25) is 0 Å². The Balaban J connectivity index is 0.000000905. The molecule has 0 spiro atoms. The summed E-state index contributed by atoms with van der Waals surface area (Å²) in [4.78, 5) is 18.7. The van der Waals surface area contributed by atoms with E-state index in [2.05, 4.69) is 5.32 Å². The van der Waals surface area contributed by atoms with E-state index in [1.165, 1.54) is 14.2 Å². The van der Waals surface area contributed by atoms with Crippen molar-refractivity contribution in [3.63, 3.8) is 0 Å². The van der Waals surface area contributed by atoms with Crippen molar-refractivity contribution < 1.29 is 48.1 Å². The number of carboxylic acid groups (broad SMARTS) is 2. The second-order valence-corrected chi connectivity index (χ2v) is 8.35. The maximum absolute atomic E-state index is 11.8. The predicted molar refractivity (Wildman–Crippen MR) is 128 cm³/mol. The summed E-state index contributed by atoms with van der Waals surface area (Å²) in [5.74, 6) is -1.40. The van der Waals surface area contributed by atoms with Crippen molar-refractivity contribution in [2.24, 2.45) is 0 Å². The number of hydrogen-bond acceptors (Lipinski definition) is 9. The maximum atomic E-state index is 11.8. The fourth-order valence-electron chi connectivity index (χ4n) is 2.64. The largest absolute Gasteiger partial charge is 0.495 e. The van der Waals surface area contributed by atoms with Gasteiger partial charge in [0.1, 0.15) is 30.8 Å². The summed E-state index contributed by atoms with van der Waals surface area (Å²) in [5.41, 5.74) is 1.03. The number of benzene rings is 2. The Morgan fingerprint density at radius 2 is 1.60 bits per heavy atom. The molecule has 0 radical (unpaired) electrons. The number of carboxylic acids is 2. The number of para-hydroxylation sites is 1. The summed E-state index contributed by atoms with van der Waals surface area (Å²) in [6, 6.07) is 11.0. The van der Waals surface area contributed by atoms with E-state index in [9.17, 15) is 9.32 Å². The monoisotopic (exact) mass is 513 g/mol. The number of hydrogen-bond donors (Lipinski definition) is 4. The number of aliphatic carboxylic acids is 2. The van der Waals surface area contributed by atoms with Crippen LogP contribution in [-0.2, 0) is 20.4 Å². The molecule has 0 aliphatic rings. The van der Waals surface area contributed by atoms with Gasteiger partial charge in [-0.05, 0) is 18.6 Å². The Labute approximate surface area is 206 Å². The van der Waals surface area contributed by atoms with E-state index in [1.807, 2.05) is 31.2 Å². The van der Waals surface area contributed by atoms with Gasteiger partial charge in [0, 0.05) is 31.5 Å². The van der Waals surface area contributed by atoms with Gasteiger partial charge in [0.15, 0.2) is 11.5 Å². The average Bonchev–Trinajstić information content (AvgIpc) is 2.83. The van der Waals surface area contributed by atoms with Crippen LogP contribution < -0.4 is 24.3 Å². The molecule has 35 heavy (non-hydrogen) atoms. The molecule has 0 amide bonds. The molecule has 2 atom stereocenters. The van der Waals surface area contributed by atoms with Crippen LogP contribution in [0.2, 0.25) is 0 Å². The van der Waals surface area contributed by atoms with Gasteiger partial charge in [-0.1, -0.05) is 18.2 Å². The first kappa shape index (κ1) is 29.7. The zero-order valence-corrected chi connectivity index (χ0v) is 20.8. The number of aryl methyl sites for hydroxylation is 1. The van der Waals surface area contributed by atoms with Crippen molar-refractivity contribution in [3.05, 3.63) is 42.0 Å². The molecule has 4 N–H and O–H groups in total. The molecular weight excluding hydrogens is 482 g/mol. The number of ether oxygens (including phenoxy) is 4. The van der Waals surface area contributed by atoms with Gasteiger partial charge in [0.05, 0.1) is 29.9 Å². The molecule has 0 heterocycles. The second kappa shape index (κ2) is 15.5. The van der Waals surface area contributed by atoms with Crippen molar-refractivity contribution in [3.8, 4) is 23.0 Å². The summed E-state index contributed by atoms with van der Waals surface area (Å²) in [5, 5.41) is 28.0. The highest BCUT2D eigenvalue weighted by Crippen LogP contribution is 2.36. The number of methoxy groups -OCH3 is 2. The van der Waals surface area contributed by atoms with Gasteiger partial charge in [-0.25, -0.2) is 9.59 Å². The van der Waals surface area contributed by atoms with Gasteiger partial charge >= 0.3 is 11.9 Å². The number of aliphatic hydroxyl groups excluding tert-OH is 1. The van der Waals surface area contributed by atoms with Crippen molar-refractivity contribution in [1.29, 1.82) is 0 Å². The van der Waals surface area contributed by atoms with Gasteiger partial charge in [-0.2, -0.15) is 0 Å². The number of nitrogens with one attached hydrogen (secondary N) is 1. The van der Waals surface area contributed by atoms with Crippen LogP contribution in [0.5, 0.6) is 23.0 Å². The normalized spacial score (nSPS) is 11.9. The Morgan fingerprint density at radius 1 is 0.971 bits per heavy atom. The third kappa shape index (κ3) is 10.6. The molecule has 0 aliphatic carbocycles. The van der Waals surface area contributed by atoms with Crippen molar-refractivity contribution in [1.82, 2.24) is 5.32 Å². The third-order valence-corrected chi connectivity index (χ3v) is 5.32. The van der Waals surface area contributed by atoms with Crippen LogP contribution in [0.25, 0.3) is 0 Å². The van der Waals surface area contributed by atoms with E-state index in [1.54, 1.807) is 18.4 Å². The lowest BCUT2D eigenvalue weighted by atomic mass is 10.2. The van der Waals surface area contributed by atoms with Crippen LogP contribution in [0.4, 0.5) is 0 Å². The molecule has 2 unspecified atom stereocenters. The van der Waals surface area contributed by atoms with Crippen LogP contribution in [0, 0.1) is 6.92 Å². The summed E-state index contributed by atoms with van der Waals surface area (Å²) in [6.07, 6.45) is 0.943. The standard InChI is InChI=1S/C21H29NO6S.C2H2O4/c1-15-7-5-6-8-17(15)28-14-16(23)13-22-9-10-27-19-11-20(26-3)21(29(4)24)12-18(19)25-2;3-1(4)2(5)6/h5-8,11-12,16,22-23H,9-10,13-14H2,1-4H3;(H,3,4)(H,5,6). The number of aliphatic hydroxyl groups is 1. The first-order valence-electron chi connectivity index (χ1n) is 10.4. The van der Waals surface area contributed by atoms with Crippen LogP contribution in [-0.4, -0.2) is 84.3 Å². The maximum Gasteiger partial charge on any atom is 0.414 e. The Kier molecular flexibility index (Phi) is 13.2. The molecule has 0 saturated carbocycles. The highest BCUT2D eigenvalue weighted by molar-refractivity contribution is 7.84. The quantitative estimate of drug-likeness (QED) is 0.239. The van der Waals surface area contributed by atoms with E-state index >= 15 is 0 Å². The zero-order valence-electron chi connectivity index (χ0n) is 20.0. The van der Waals surface area contributed by atoms with Crippen LogP contribution in [0.3, 0.4) is 0 Å². The first-order chi connectivity index (χ1) is 16.6. The first-order valence-corrected chi connectivity index (χ1v) is 11.9. The smallest absolute Gasteiger partial charge is 0.414 e. The zero-order chi connectivity index (χ0) is 26.4. The third-order valence-electron chi connectivity index (χ3n) is 4.38. The van der Waals surface area contributed by atoms with Crippen LogP contribution in [0.15, 0.2) is 41.3 Å². The molecule has 194 valence electrons. The molecule has 0 saturated heterocycles. The summed E-state index contributed by atoms with van der Waals surface area (Å²) in [7, 11) is 1.84. The van der Waals surface area contributed by atoms with Gasteiger partial charge in [-0.3, -0.25) is 4.21 Å². The summed E-state index contributed by atoms with van der Waals surface area (Å²) >= 11 is 0. The molecule has 2 aromatic rings. The number of carbonyl (C=O) groups is 2. The highest BCUT2D eigenvalue weighted by Gasteiger charge is 2.15. The second-order valence-electron chi connectivity index (χ2n) is 7.00. The summed E-state index contributed by atoms with van der Waals surface area (Å²) < 4.78 is 33.8. The lowest BCUT2D eigenvalue weighted by Gasteiger charge is -2.16. The predicted octanol–water partition coefficient (Wildman–Crippen LogP) is 1.31. The van der Waals surface area contributed by atoms with Crippen LogP contribution >= 0.6 is 0 Å². The van der Waals surface area contributed by atoms with Crippen molar-refractivity contribution >= 4 is 22.7 Å². The minimum Gasteiger partial charge on any atom is -0.495 e. The topological polar surface area (TPSA) is 161 Å². The lowest BCUT2D eigenvalue weighted by molar-refractivity contribution is -0.159. The highest BCUT2D eigenvalue weighted by atomic mass is 32.2. The Bertz CT molecular complexity index is 986. The Morgan fingerprint density at radius 3 is 2.14 bits per heavy atom.